The Kier molecular flexibility index (Phi) is 6.59. The number of nitrogens with zero attached hydrogens (tertiary/aromatic N) is 1. The van der Waals surface area contributed by atoms with Gasteiger partial charge >= 0.3 is 0 Å². The molecule has 3 N–H and O–H groups in total. The highest BCUT2D eigenvalue weighted by Gasteiger charge is 2.19. The van der Waals surface area contributed by atoms with Crippen LogP contribution >= 0.6 is 23.2 Å². The molecule has 1 aromatic rings. The zero-order valence-corrected chi connectivity index (χ0v) is 14.6. The van der Waals surface area contributed by atoms with Crippen molar-refractivity contribution in [1.82, 2.24) is 10.3 Å². The Morgan fingerprint density at radius 2 is 1.82 bits per heavy atom. The van der Waals surface area contributed by atoms with Crippen molar-refractivity contribution in [2.75, 3.05) is 25.5 Å². The molecule has 0 fully saturated rings. The van der Waals surface area contributed by atoms with Gasteiger partial charge in [0.25, 0.3) is 11.8 Å². The predicted molar refractivity (Wildman–Crippen MR) is 87.4 cm³/mol. The van der Waals surface area contributed by atoms with E-state index in [2.05, 4.69) is 15.6 Å². The molecule has 22 heavy (non-hydrogen) atoms. The van der Waals surface area contributed by atoms with Crippen molar-refractivity contribution >= 4 is 40.8 Å². The molecule has 8 heteroatoms. The van der Waals surface area contributed by atoms with Crippen LogP contribution < -0.4 is 15.5 Å². The van der Waals surface area contributed by atoms with Crippen LogP contribution in [0.25, 0.3) is 0 Å². The van der Waals surface area contributed by atoms with Crippen LogP contribution in [0.15, 0.2) is 12.3 Å². The van der Waals surface area contributed by atoms with E-state index in [4.69, 9.17) is 23.2 Å². The number of nitrogens with one attached hydrogen (secondary N) is 3. The number of likely N-dealkylation sites (N-methyl/N-ethyl adjacent to an activating group) is 1. The molecule has 0 aliphatic heterocycles. The smallest absolute Gasteiger partial charge is 0.280 e. The lowest BCUT2D eigenvalue weighted by Crippen LogP contribution is -3.11. The van der Waals surface area contributed by atoms with Crippen LogP contribution in [0.4, 0.5) is 5.82 Å². The van der Waals surface area contributed by atoms with Crippen molar-refractivity contribution < 1.29 is 14.5 Å². The van der Waals surface area contributed by atoms with E-state index < -0.39 is 0 Å². The van der Waals surface area contributed by atoms with Gasteiger partial charge in [-0.05, 0) is 26.8 Å². The molecular formula is C14H21Cl2N4O2+. The third kappa shape index (κ3) is 7.06. The van der Waals surface area contributed by atoms with Gasteiger partial charge in [-0.3, -0.25) is 9.59 Å². The Morgan fingerprint density at radius 1 is 1.23 bits per heavy atom. The fourth-order valence-electron chi connectivity index (χ4n) is 1.76. The highest BCUT2D eigenvalue weighted by Crippen LogP contribution is 2.22. The van der Waals surface area contributed by atoms with Gasteiger partial charge in [0, 0.05) is 11.7 Å². The Labute approximate surface area is 140 Å². The number of quaternary nitrogens is 1. The number of halogens is 2. The highest BCUT2D eigenvalue weighted by atomic mass is 35.5. The summed E-state index contributed by atoms with van der Waals surface area (Å²) in [5.74, 6) is -0.138. The average Bonchev–Trinajstić information content (AvgIpc) is 2.29. The van der Waals surface area contributed by atoms with Crippen molar-refractivity contribution in [3.63, 3.8) is 0 Å². The van der Waals surface area contributed by atoms with Gasteiger partial charge < -0.3 is 15.5 Å². The Morgan fingerprint density at radius 3 is 2.36 bits per heavy atom. The molecule has 0 aliphatic carbocycles. The number of carbonyl (C=O) groups excluding carboxylic acids is 2. The van der Waals surface area contributed by atoms with Gasteiger partial charge in [-0.2, -0.15) is 0 Å². The maximum Gasteiger partial charge on any atom is 0.280 e. The summed E-state index contributed by atoms with van der Waals surface area (Å²) < 4.78 is 0. The minimum atomic E-state index is -0.291. The number of hydrogen-bond donors (Lipinski definition) is 3. The number of hydrogen-bond acceptors (Lipinski definition) is 3. The van der Waals surface area contributed by atoms with Crippen LogP contribution in [0.5, 0.6) is 0 Å². The number of rotatable bonds is 5. The van der Waals surface area contributed by atoms with Gasteiger partial charge in [-0.1, -0.05) is 23.2 Å². The van der Waals surface area contributed by atoms with Crippen LogP contribution in [-0.2, 0) is 9.59 Å². The zero-order chi connectivity index (χ0) is 16.9. The number of carbonyl (C=O) groups is 2. The van der Waals surface area contributed by atoms with E-state index in [-0.39, 0.29) is 41.3 Å². The first-order valence-corrected chi connectivity index (χ1v) is 7.55. The molecule has 0 bridgehead atoms. The quantitative estimate of drug-likeness (QED) is 0.735. The van der Waals surface area contributed by atoms with E-state index in [1.165, 1.54) is 12.3 Å². The van der Waals surface area contributed by atoms with Crippen molar-refractivity contribution in [3.05, 3.63) is 22.3 Å². The van der Waals surface area contributed by atoms with Crippen molar-refractivity contribution in [1.29, 1.82) is 0 Å². The molecule has 0 radical (unpaired) electrons. The first-order valence-electron chi connectivity index (χ1n) is 6.80. The molecule has 122 valence electrons. The number of aromatic nitrogens is 1. The lowest BCUT2D eigenvalue weighted by Gasteiger charge is -2.21. The summed E-state index contributed by atoms with van der Waals surface area (Å²) in [6.45, 7) is 6.04. The van der Waals surface area contributed by atoms with Gasteiger partial charge in [0.1, 0.15) is 0 Å². The number of anilines is 1. The SMILES string of the molecule is C[NH+](CC(=O)Nc1ncc(Cl)cc1Cl)CC(=O)NC(C)(C)C. The fraction of sp³-hybridized carbons (Fsp3) is 0.500. The van der Waals surface area contributed by atoms with Crippen molar-refractivity contribution in [2.45, 2.75) is 26.3 Å². The summed E-state index contributed by atoms with van der Waals surface area (Å²) >= 11 is 11.7. The highest BCUT2D eigenvalue weighted by molar-refractivity contribution is 6.36. The van der Waals surface area contributed by atoms with E-state index in [0.29, 0.717) is 5.02 Å². The largest absolute Gasteiger partial charge is 0.347 e. The second-order valence-electron chi connectivity index (χ2n) is 6.14. The molecule has 1 atom stereocenters. The van der Waals surface area contributed by atoms with E-state index >= 15 is 0 Å². The van der Waals surface area contributed by atoms with E-state index in [0.717, 1.165) is 4.90 Å². The van der Waals surface area contributed by atoms with Crippen LogP contribution in [0, 0.1) is 0 Å². The molecule has 0 saturated heterocycles. The number of amides is 2. The van der Waals surface area contributed by atoms with Crippen molar-refractivity contribution in [2.24, 2.45) is 0 Å². The maximum absolute atomic E-state index is 11.9. The first kappa shape index (κ1) is 18.7. The van der Waals surface area contributed by atoms with E-state index in [1.54, 1.807) is 7.05 Å². The normalized spacial score (nSPS) is 12.6. The van der Waals surface area contributed by atoms with Gasteiger partial charge in [0.2, 0.25) is 0 Å². The fourth-order valence-corrected chi connectivity index (χ4v) is 2.18. The van der Waals surface area contributed by atoms with Gasteiger partial charge in [-0.25, -0.2) is 4.98 Å². The lowest BCUT2D eigenvalue weighted by atomic mass is 10.1. The first-order chi connectivity index (χ1) is 10.1. The summed E-state index contributed by atoms with van der Waals surface area (Å²) in [7, 11) is 1.76. The maximum atomic E-state index is 11.9. The summed E-state index contributed by atoms with van der Waals surface area (Å²) in [6, 6.07) is 1.50. The minimum Gasteiger partial charge on any atom is -0.347 e. The van der Waals surface area contributed by atoms with Gasteiger partial charge in [-0.15, -0.1) is 0 Å². The monoisotopic (exact) mass is 347 g/mol. The third-order valence-electron chi connectivity index (χ3n) is 2.50. The van der Waals surface area contributed by atoms with Gasteiger partial charge in [0.15, 0.2) is 18.9 Å². The standard InChI is InChI=1S/C14H20Cl2N4O2/c1-14(2,3)19-12(22)8-20(4)7-11(21)18-13-10(16)5-9(15)6-17-13/h5-6H,7-8H2,1-4H3,(H,19,22)(H,17,18,21)/p+1. The predicted octanol–water partition coefficient (Wildman–Crippen LogP) is 0.756. The zero-order valence-electron chi connectivity index (χ0n) is 13.1. The minimum absolute atomic E-state index is 0.111. The molecule has 0 aromatic carbocycles. The van der Waals surface area contributed by atoms with Crippen LogP contribution in [0.2, 0.25) is 10.0 Å². The van der Waals surface area contributed by atoms with Crippen molar-refractivity contribution in [3.8, 4) is 0 Å². The summed E-state index contributed by atoms with van der Waals surface area (Å²) in [5.41, 5.74) is -0.291. The molecular weight excluding hydrogens is 327 g/mol. The van der Waals surface area contributed by atoms with Crippen LogP contribution in [0.1, 0.15) is 20.8 Å². The summed E-state index contributed by atoms with van der Waals surface area (Å²) in [6.07, 6.45) is 1.40. The molecule has 2 amide bonds. The molecule has 1 aromatic heterocycles. The Hall–Kier alpha value is -1.37. The Balaban J connectivity index is 2.49. The second kappa shape index (κ2) is 7.76. The molecule has 0 saturated carbocycles. The summed E-state index contributed by atoms with van der Waals surface area (Å²) in [5, 5.41) is 6.11. The van der Waals surface area contributed by atoms with E-state index in [1.807, 2.05) is 20.8 Å². The Bertz CT molecular complexity index is 558. The van der Waals surface area contributed by atoms with Crippen LogP contribution in [-0.4, -0.2) is 42.5 Å². The third-order valence-corrected chi connectivity index (χ3v) is 3.00. The molecule has 1 unspecified atom stereocenters. The molecule has 6 nitrogen and oxygen atoms in total. The van der Waals surface area contributed by atoms with E-state index in [9.17, 15) is 9.59 Å². The molecule has 1 rings (SSSR count). The van der Waals surface area contributed by atoms with Crippen LogP contribution in [0.3, 0.4) is 0 Å². The molecule has 1 heterocycles. The number of pyridine rings is 1. The topological polar surface area (TPSA) is 75.5 Å². The van der Waals surface area contributed by atoms with Gasteiger partial charge in [0.05, 0.1) is 17.1 Å². The molecule has 0 aliphatic rings. The second-order valence-corrected chi connectivity index (χ2v) is 6.98. The summed E-state index contributed by atoms with van der Waals surface area (Å²) in [4.78, 5) is 28.4. The average molecular weight is 348 g/mol. The lowest BCUT2D eigenvalue weighted by molar-refractivity contribution is -0.862. The molecule has 0 spiro atoms.